The maximum Gasteiger partial charge on any atom is 0.243 e. The van der Waals surface area contributed by atoms with Crippen LogP contribution in [0.5, 0.6) is 0 Å². The van der Waals surface area contributed by atoms with Crippen molar-refractivity contribution in [1.29, 1.82) is 0 Å². The highest BCUT2D eigenvalue weighted by Crippen LogP contribution is 2.13. The zero-order valence-corrected chi connectivity index (χ0v) is 18.7. The van der Waals surface area contributed by atoms with Crippen LogP contribution in [0.3, 0.4) is 0 Å². The molecule has 0 aliphatic rings. The van der Waals surface area contributed by atoms with Gasteiger partial charge in [-0.2, -0.15) is 0 Å². The van der Waals surface area contributed by atoms with E-state index in [-0.39, 0.29) is 42.0 Å². The van der Waals surface area contributed by atoms with Crippen LogP contribution >= 0.6 is 0 Å². The van der Waals surface area contributed by atoms with Crippen molar-refractivity contribution in [3.8, 4) is 0 Å². The molecule has 8 nitrogen and oxygen atoms in total. The number of carbonyl (C=O) groups is 4. The molecule has 0 bridgehead atoms. The second-order valence-electron chi connectivity index (χ2n) is 7.99. The fourth-order valence-corrected chi connectivity index (χ4v) is 2.81. The van der Waals surface area contributed by atoms with E-state index in [9.17, 15) is 19.2 Å². The van der Waals surface area contributed by atoms with Crippen molar-refractivity contribution >= 4 is 23.6 Å². The molecule has 0 aliphatic heterocycles. The highest BCUT2D eigenvalue weighted by molar-refractivity contribution is 5.93. The van der Waals surface area contributed by atoms with E-state index in [4.69, 9.17) is 0 Å². The third-order valence-corrected chi connectivity index (χ3v) is 4.61. The lowest BCUT2D eigenvalue weighted by atomic mass is 9.99. The average Bonchev–Trinajstić information content (AvgIpc) is 2.62. The van der Waals surface area contributed by atoms with Crippen molar-refractivity contribution in [1.82, 2.24) is 20.4 Å². The Kier molecular flexibility index (Phi) is 11.4. The van der Waals surface area contributed by atoms with Crippen molar-refractivity contribution in [2.24, 2.45) is 11.8 Å². The van der Waals surface area contributed by atoms with Gasteiger partial charge < -0.3 is 20.4 Å². The van der Waals surface area contributed by atoms with Crippen LogP contribution in [0, 0.1) is 11.8 Å². The molecule has 0 aliphatic carbocycles. The summed E-state index contributed by atoms with van der Waals surface area (Å²) in [7, 11) is 4.67. The third-order valence-electron chi connectivity index (χ3n) is 4.61. The molecule has 0 fully saturated rings. The zero-order valence-electron chi connectivity index (χ0n) is 18.7. The van der Waals surface area contributed by atoms with Gasteiger partial charge in [-0.25, -0.2) is 0 Å². The molecule has 8 heteroatoms. The first-order valence-electron chi connectivity index (χ1n) is 9.97. The Labute approximate surface area is 169 Å². The number of likely N-dealkylation sites (N-methyl/N-ethyl adjacent to an activating group) is 3. The van der Waals surface area contributed by atoms with Crippen molar-refractivity contribution < 1.29 is 19.2 Å². The minimum absolute atomic E-state index is 0.0831. The van der Waals surface area contributed by atoms with Gasteiger partial charge >= 0.3 is 0 Å². The lowest BCUT2D eigenvalue weighted by molar-refractivity contribution is -0.144. The molecule has 0 spiro atoms. The molecule has 0 unspecified atom stereocenters. The van der Waals surface area contributed by atoms with Gasteiger partial charge in [0.05, 0.1) is 6.54 Å². The minimum Gasteiger partial charge on any atom is -0.357 e. The third kappa shape index (κ3) is 8.27. The molecule has 0 aromatic heterocycles. The lowest BCUT2D eigenvalue weighted by Gasteiger charge is -2.32. The normalized spacial score (nSPS) is 13.1. The first kappa shape index (κ1) is 25.9. The van der Waals surface area contributed by atoms with Gasteiger partial charge in [-0.15, -0.1) is 0 Å². The van der Waals surface area contributed by atoms with Crippen molar-refractivity contribution in [3.05, 3.63) is 0 Å². The molecular weight excluding hydrogens is 360 g/mol. The highest BCUT2D eigenvalue weighted by atomic mass is 16.2. The van der Waals surface area contributed by atoms with Gasteiger partial charge in [0.25, 0.3) is 0 Å². The van der Waals surface area contributed by atoms with Gasteiger partial charge in [0, 0.05) is 27.6 Å². The van der Waals surface area contributed by atoms with Gasteiger partial charge in [0.1, 0.15) is 12.1 Å². The van der Waals surface area contributed by atoms with Crippen LogP contribution in [0.4, 0.5) is 0 Å². The van der Waals surface area contributed by atoms with Crippen LogP contribution in [-0.2, 0) is 19.2 Å². The van der Waals surface area contributed by atoms with Crippen molar-refractivity contribution in [2.75, 3.05) is 27.7 Å². The summed E-state index contributed by atoms with van der Waals surface area (Å²) in [5.74, 6) is -0.979. The maximum atomic E-state index is 12.9. The quantitative estimate of drug-likeness (QED) is 0.542. The van der Waals surface area contributed by atoms with E-state index in [1.807, 2.05) is 34.6 Å². The number of hydrogen-bond acceptors (Lipinski definition) is 4. The molecule has 0 rings (SSSR count). The largest absolute Gasteiger partial charge is 0.357 e. The predicted octanol–water partition coefficient (Wildman–Crippen LogP) is 1.00. The van der Waals surface area contributed by atoms with Crippen LogP contribution in [-0.4, -0.2) is 73.2 Å². The Balaban J connectivity index is 5.31. The number of rotatable bonds is 11. The summed E-state index contributed by atoms with van der Waals surface area (Å²) in [6.45, 7) is 9.45. The summed E-state index contributed by atoms with van der Waals surface area (Å²) in [6.07, 6.45) is 1.55. The first-order valence-corrected chi connectivity index (χ1v) is 9.97. The summed E-state index contributed by atoms with van der Waals surface area (Å²) in [6, 6.07) is -1.39. The fourth-order valence-electron chi connectivity index (χ4n) is 2.81. The number of nitrogens with zero attached hydrogens (tertiary/aromatic N) is 2. The number of nitrogens with one attached hydrogen (secondary N) is 2. The van der Waals surface area contributed by atoms with E-state index in [2.05, 4.69) is 10.6 Å². The second-order valence-corrected chi connectivity index (χ2v) is 7.99. The summed E-state index contributed by atoms with van der Waals surface area (Å²) in [5.41, 5.74) is 0. The zero-order chi connectivity index (χ0) is 22.0. The van der Waals surface area contributed by atoms with Crippen LogP contribution in [0.15, 0.2) is 0 Å². The molecule has 2 atom stereocenters. The van der Waals surface area contributed by atoms with E-state index in [1.54, 1.807) is 14.1 Å². The number of amides is 4. The van der Waals surface area contributed by atoms with Gasteiger partial charge in [-0.05, 0) is 24.7 Å². The molecule has 162 valence electrons. The average molecular weight is 399 g/mol. The summed E-state index contributed by atoms with van der Waals surface area (Å²) >= 11 is 0. The fraction of sp³-hybridized carbons (Fsp3) is 0.800. The SMILES string of the molecule is CCCC(=O)N(C)CC(=O)N(C)[C@@H](CC(C)C)C(=O)N[C@H](C(=O)NC)C(C)C. The highest BCUT2D eigenvalue weighted by Gasteiger charge is 2.32. The smallest absolute Gasteiger partial charge is 0.243 e. The molecule has 2 N–H and O–H groups in total. The molecule has 0 saturated heterocycles. The van der Waals surface area contributed by atoms with Crippen molar-refractivity contribution in [3.63, 3.8) is 0 Å². The van der Waals surface area contributed by atoms with Gasteiger partial charge in [0.2, 0.25) is 23.6 Å². The van der Waals surface area contributed by atoms with E-state index in [0.717, 1.165) is 0 Å². The van der Waals surface area contributed by atoms with Crippen LogP contribution in [0.25, 0.3) is 0 Å². The Hall–Kier alpha value is -2.12. The Morgan fingerprint density at radius 2 is 1.50 bits per heavy atom. The van der Waals surface area contributed by atoms with Crippen molar-refractivity contribution in [2.45, 2.75) is 66.0 Å². The van der Waals surface area contributed by atoms with E-state index < -0.39 is 12.1 Å². The summed E-state index contributed by atoms with van der Waals surface area (Å²) < 4.78 is 0. The van der Waals surface area contributed by atoms with E-state index in [1.165, 1.54) is 16.8 Å². The molecule has 0 aromatic carbocycles. The minimum atomic E-state index is -0.715. The molecule has 28 heavy (non-hydrogen) atoms. The van der Waals surface area contributed by atoms with Crippen LogP contribution < -0.4 is 10.6 Å². The van der Waals surface area contributed by atoms with Crippen LogP contribution in [0.1, 0.15) is 53.9 Å². The number of carbonyl (C=O) groups excluding carboxylic acids is 4. The molecule has 0 heterocycles. The summed E-state index contributed by atoms with van der Waals surface area (Å²) in [5, 5.41) is 5.33. The van der Waals surface area contributed by atoms with Crippen LogP contribution in [0.2, 0.25) is 0 Å². The maximum absolute atomic E-state index is 12.9. The second kappa shape index (κ2) is 12.4. The van der Waals surface area contributed by atoms with Gasteiger partial charge in [-0.3, -0.25) is 19.2 Å². The Morgan fingerprint density at radius 1 is 0.929 bits per heavy atom. The first-order chi connectivity index (χ1) is 13.0. The molecule has 0 radical (unpaired) electrons. The number of hydrogen-bond donors (Lipinski definition) is 2. The van der Waals surface area contributed by atoms with E-state index in [0.29, 0.717) is 19.3 Å². The summed E-state index contributed by atoms with van der Waals surface area (Å²) in [4.78, 5) is 52.4. The van der Waals surface area contributed by atoms with Gasteiger partial charge in [-0.1, -0.05) is 34.6 Å². The van der Waals surface area contributed by atoms with Gasteiger partial charge in [0.15, 0.2) is 0 Å². The molecular formula is C20H38N4O4. The molecule has 0 aromatic rings. The molecule has 4 amide bonds. The molecule has 0 saturated carbocycles. The standard InChI is InChI=1S/C20H38N4O4/c1-9-10-16(25)23(7)12-17(26)24(8)15(11-13(2)3)19(27)22-18(14(4)5)20(28)21-6/h13-15,18H,9-12H2,1-8H3,(H,21,28)(H,22,27)/t15-,18-/m0/s1. The topological polar surface area (TPSA) is 98.8 Å². The predicted molar refractivity (Wildman–Crippen MR) is 109 cm³/mol. The lowest BCUT2D eigenvalue weighted by Crippen LogP contribution is -2.56. The monoisotopic (exact) mass is 398 g/mol. The Bertz CT molecular complexity index is 548. The Morgan fingerprint density at radius 3 is 1.93 bits per heavy atom. The van der Waals surface area contributed by atoms with E-state index >= 15 is 0 Å².